The molecule has 0 unspecified atom stereocenters. The summed E-state index contributed by atoms with van der Waals surface area (Å²) in [5.74, 6) is -0.00955. The quantitative estimate of drug-likeness (QED) is 0.613. The number of amides is 1. The maximum atomic E-state index is 12.1. The Hall–Kier alpha value is -3.23. The van der Waals surface area contributed by atoms with Gasteiger partial charge in [-0.15, -0.1) is 0 Å². The van der Waals surface area contributed by atoms with E-state index >= 15 is 0 Å². The molecule has 0 radical (unpaired) electrons. The second-order valence-corrected chi connectivity index (χ2v) is 8.79. The number of methoxy groups -OCH3 is 1. The van der Waals surface area contributed by atoms with Gasteiger partial charge in [-0.05, 0) is 71.6 Å². The van der Waals surface area contributed by atoms with E-state index in [2.05, 4.69) is 10.3 Å². The monoisotopic (exact) mass is 446 g/mol. The summed E-state index contributed by atoms with van der Waals surface area (Å²) in [6, 6.07) is 4.40. The molecule has 1 aliphatic carbocycles. The molecule has 0 bridgehead atoms. The third-order valence-electron chi connectivity index (χ3n) is 4.99. The number of benzene rings is 1. The number of nitrogens with zero attached hydrogens (tertiary/aromatic N) is 1. The smallest absolute Gasteiger partial charge is 0.408 e. The van der Waals surface area contributed by atoms with Crippen LogP contribution in [-0.2, 0) is 4.74 Å². The van der Waals surface area contributed by atoms with Crippen LogP contribution in [0.3, 0.4) is 0 Å². The molecule has 0 saturated heterocycles. The van der Waals surface area contributed by atoms with Gasteiger partial charge in [0, 0.05) is 5.56 Å². The lowest BCUT2D eigenvalue weighted by atomic mass is 10.2. The standard InChI is InChI=1S/C23H30N2O7/c1-13(24-22(28)32-23(2,3)4)19-18(21(26)27)25-20(31-19)14-10-11-16(29-5)17(12-14)30-15-8-6-7-9-15/h10-13,15H,6-9H2,1-5H3,(H,24,28)(H,26,27)/t13-/m0/s1. The van der Waals surface area contributed by atoms with Crippen molar-refractivity contribution in [3.8, 4) is 23.0 Å². The van der Waals surface area contributed by atoms with Crippen LogP contribution in [0, 0.1) is 0 Å². The van der Waals surface area contributed by atoms with E-state index in [1.165, 1.54) is 0 Å². The van der Waals surface area contributed by atoms with E-state index in [1.807, 2.05) is 0 Å². The van der Waals surface area contributed by atoms with Gasteiger partial charge in [-0.1, -0.05) is 0 Å². The lowest BCUT2D eigenvalue weighted by Gasteiger charge is -2.21. The van der Waals surface area contributed by atoms with Crippen LogP contribution in [0.4, 0.5) is 4.79 Å². The number of carbonyl (C=O) groups excluding carboxylic acids is 1. The summed E-state index contributed by atoms with van der Waals surface area (Å²) in [5.41, 5.74) is -0.431. The number of alkyl carbamates (subject to hydrolysis) is 1. The van der Waals surface area contributed by atoms with Crippen LogP contribution < -0.4 is 14.8 Å². The highest BCUT2D eigenvalue weighted by Gasteiger charge is 2.28. The molecule has 1 atom stereocenters. The van der Waals surface area contributed by atoms with Crippen molar-refractivity contribution in [2.24, 2.45) is 0 Å². The number of hydrogen-bond acceptors (Lipinski definition) is 7. The normalized spacial score (nSPS) is 15.3. The van der Waals surface area contributed by atoms with Crippen LogP contribution in [0.1, 0.15) is 75.7 Å². The number of carbonyl (C=O) groups is 2. The molecule has 3 rings (SSSR count). The zero-order valence-electron chi connectivity index (χ0n) is 19.1. The van der Waals surface area contributed by atoms with Crippen LogP contribution in [0.2, 0.25) is 0 Å². The minimum atomic E-state index is -1.26. The minimum Gasteiger partial charge on any atom is -0.493 e. The average Bonchev–Trinajstić information content (AvgIpc) is 3.36. The predicted octanol–water partition coefficient (Wildman–Crippen LogP) is 4.96. The Labute approximate surface area is 187 Å². The molecule has 1 fully saturated rings. The second-order valence-electron chi connectivity index (χ2n) is 8.79. The maximum absolute atomic E-state index is 12.1. The number of carboxylic acids is 1. The predicted molar refractivity (Wildman–Crippen MR) is 116 cm³/mol. The van der Waals surface area contributed by atoms with Gasteiger partial charge in [0.2, 0.25) is 5.89 Å². The number of aromatic nitrogens is 1. The third-order valence-corrected chi connectivity index (χ3v) is 4.99. The molecule has 1 aliphatic rings. The summed E-state index contributed by atoms with van der Waals surface area (Å²) in [6.45, 7) is 6.81. The summed E-state index contributed by atoms with van der Waals surface area (Å²) in [4.78, 5) is 28.0. The maximum Gasteiger partial charge on any atom is 0.408 e. The van der Waals surface area contributed by atoms with E-state index in [-0.39, 0.29) is 23.4 Å². The van der Waals surface area contributed by atoms with Crippen LogP contribution >= 0.6 is 0 Å². The molecule has 2 aromatic rings. The molecule has 32 heavy (non-hydrogen) atoms. The van der Waals surface area contributed by atoms with E-state index in [0.717, 1.165) is 25.7 Å². The molecule has 1 aromatic heterocycles. The second kappa shape index (κ2) is 9.50. The highest BCUT2D eigenvalue weighted by Crippen LogP contribution is 2.36. The Balaban J connectivity index is 1.88. The molecule has 9 heteroatoms. The van der Waals surface area contributed by atoms with Gasteiger partial charge in [0.05, 0.1) is 19.3 Å². The summed E-state index contributed by atoms with van der Waals surface area (Å²) >= 11 is 0. The van der Waals surface area contributed by atoms with E-state index in [1.54, 1.807) is 53.0 Å². The number of aromatic carboxylic acids is 1. The first-order valence-electron chi connectivity index (χ1n) is 10.7. The Morgan fingerprint density at radius 3 is 2.50 bits per heavy atom. The Morgan fingerprint density at radius 1 is 1.22 bits per heavy atom. The molecule has 1 heterocycles. The SMILES string of the molecule is COc1ccc(-c2nc(C(=O)O)c([C@H](C)NC(=O)OC(C)(C)C)o2)cc1OC1CCCC1. The molecular weight excluding hydrogens is 416 g/mol. The van der Waals surface area contributed by atoms with Gasteiger partial charge in [-0.2, -0.15) is 0 Å². The topological polar surface area (TPSA) is 120 Å². The lowest BCUT2D eigenvalue weighted by Crippen LogP contribution is -2.34. The third kappa shape index (κ3) is 5.72. The van der Waals surface area contributed by atoms with Gasteiger partial charge in [-0.25, -0.2) is 14.6 Å². The van der Waals surface area contributed by atoms with Crippen molar-refractivity contribution >= 4 is 12.1 Å². The molecule has 1 amide bonds. The zero-order valence-corrected chi connectivity index (χ0v) is 19.1. The molecular formula is C23H30N2O7. The Kier molecular flexibility index (Phi) is 6.96. The van der Waals surface area contributed by atoms with Crippen LogP contribution in [0.15, 0.2) is 22.6 Å². The van der Waals surface area contributed by atoms with Crippen molar-refractivity contribution in [3.63, 3.8) is 0 Å². The van der Waals surface area contributed by atoms with Crippen molar-refractivity contribution in [2.75, 3.05) is 7.11 Å². The van der Waals surface area contributed by atoms with Gasteiger partial charge in [0.15, 0.2) is 23.0 Å². The van der Waals surface area contributed by atoms with Crippen LogP contribution in [-0.4, -0.2) is 41.0 Å². The van der Waals surface area contributed by atoms with E-state index in [0.29, 0.717) is 17.1 Å². The van der Waals surface area contributed by atoms with Crippen molar-refractivity contribution in [2.45, 2.75) is 71.1 Å². The van der Waals surface area contributed by atoms with Gasteiger partial charge in [-0.3, -0.25) is 0 Å². The first-order valence-corrected chi connectivity index (χ1v) is 10.7. The van der Waals surface area contributed by atoms with Gasteiger partial charge in [0.25, 0.3) is 0 Å². The van der Waals surface area contributed by atoms with Gasteiger partial charge >= 0.3 is 12.1 Å². The molecule has 1 aromatic carbocycles. The van der Waals surface area contributed by atoms with Crippen molar-refractivity contribution in [1.82, 2.24) is 10.3 Å². The number of hydrogen-bond donors (Lipinski definition) is 2. The van der Waals surface area contributed by atoms with Crippen LogP contribution in [0.25, 0.3) is 11.5 Å². The number of oxazole rings is 1. The Bertz CT molecular complexity index is 971. The first kappa shape index (κ1) is 23.4. The van der Waals surface area contributed by atoms with Crippen molar-refractivity contribution in [3.05, 3.63) is 29.7 Å². The molecule has 0 spiro atoms. The molecule has 2 N–H and O–H groups in total. The number of nitrogens with one attached hydrogen (secondary N) is 1. The van der Waals surface area contributed by atoms with E-state index < -0.39 is 23.7 Å². The van der Waals surface area contributed by atoms with Crippen molar-refractivity contribution in [1.29, 1.82) is 0 Å². The number of carboxylic acid groups (broad SMARTS) is 1. The van der Waals surface area contributed by atoms with Gasteiger partial charge < -0.3 is 29.1 Å². The molecule has 1 saturated carbocycles. The van der Waals surface area contributed by atoms with Crippen LogP contribution in [0.5, 0.6) is 11.5 Å². The van der Waals surface area contributed by atoms with Crippen molar-refractivity contribution < 1.29 is 33.3 Å². The lowest BCUT2D eigenvalue weighted by molar-refractivity contribution is 0.0498. The summed E-state index contributed by atoms with van der Waals surface area (Å²) in [7, 11) is 1.56. The van der Waals surface area contributed by atoms with E-state index in [4.69, 9.17) is 18.6 Å². The molecule has 174 valence electrons. The zero-order chi connectivity index (χ0) is 23.5. The fraction of sp³-hybridized carbons (Fsp3) is 0.522. The number of rotatable bonds is 7. The minimum absolute atomic E-state index is 0.0208. The highest BCUT2D eigenvalue weighted by molar-refractivity contribution is 5.87. The largest absolute Gasteiger partial charge is 0.493 e. The average molecular weight is 447 g/mol. The summed E-state index contributed by atoms with van der Waals surface area (Å²) < 4.78 is 22.5. The first-order chi connectivity index (χ1) is 15.1. The molecule has 9 nitrogen and oxygen atoms in total. The summed E-state index contributed by atoms with van der Waals surface area (Å²) in [5, 5.41) is 12.2. The summed E-state index contributed by atoms with van der Waals surface area (Å²) in [6.07, 6.45) is 3.64. The fourth-order valence-corrected chi connectivity index (χ4v) is 3.54. The number of ether oxygens (including phenoxy) is 3. The van der Waals surface area contributed by atoms with Gasteiger partial charge in [0.1, 0.15) is 5.60 Å². The molecule has 0 aliphatic heterocycles. The Morgan fingerprint density at radius 2 is 1.91 bits per heavy atom. The highest BCUT2D eigenvalue weighted by atomic mass is 16.6. The van der Waals surface area contributed by atoms with E-state index in [9.17, 15) is 14.7 Å². The fourth-order valence-electron chi connectivity index (χ4n) is 3.54.